The summed E-state index contributed by atoms with van der Waals surface area (Å²) in [7, 11) is 0. The lowest BCUT2D eigenvalue weighted by Gasteiger charge is -2.33. The Morgan fingerprint density at radius 1 is 1.50 bits per heavy atom. The smallest absolute Gasteiger partial charge is 0.220 e. The number of carbonyl (C=O) groups is 1. The molecular weight excluding hydrogens is 217 g/mol. The van der Waals surface area contributed by atoms with E-state index in [0.29, 0.717) is 0 Å². The van der Waals surface area contributed by atoms with Gasteiger partial charge in [0.25, 0.3) is 0 Å². The van der Waals surface area contributed by atoms with Gasteiger partial charge >= 0.3 is 0 Å². The van der Waals surface area contributed by atoms with Gasteiger partial charge in [-0.15, -0.1) is 0 Å². The maximum Gasteiger partial charge on any atom is 0.220 e. The van der Waals surface area contributed by atoms with Crippen molar-refractivity contribution in [2.45, 2.75) is 12.8 Å². The summed E-state index contributed by atoms with van der Waals surface area (Å²) >= 11 is 2.69. The Balaban J connectivity index is 2.05. The highest BCUT2D eigenvalue weighted by Crippen LogP contribution is 2.20. The van der Waals surface area contributed by atoms with E-state index in [9.17, 15) is 4.79 Å². The predicted molar refractivity (Wildman–Crippen MR) is 63.8 cm³/mol. The molecule has 0 atom stereocenters. The zero-order valence-electron chi connectivity index (χ0n) is 9.10. The summed E-state index contributed by atoms with van der Waals surface area (Å²) in [5, 5.41) is 0. The van der Waals surface area contributed by atoms with E-state index in [0.717, 1.165) is 30.4 Å². The molecule has 1 aliphatic rings. The number of carbonyl (C=O) groups excluding carboxylic acids is 1. The Labute approximate surface area is 103 Å². The molecule has 2 heterocycles. The summed E-state index contributed by atoms with van der Waals surface area (Å²) < 4.78 is 1.10. The Morgan fingerprint density at radius 2 is 2.19 bits per heavy atom. The Morgan fingerprint density at radius 3 is 2.75 bits per heavy atom. The van der Waals surface area contributed by atoms with E-state index in [2.05, 4.69) is 26.2 Å². The normalized spacial score (nSPS) is 17.4. The van der Waals surface area contributed by atoms with Gasteiger partial charge in [-0.2, -0.15) is 0 Å². The molecule has 5 heteroatoms. The van der Waals surface area contributed by atoms with Crippen LogP contribution in [0.4, 0.5) is 5.69 Å². The van der Waals surface area contributed by atoms with Crippen LogP contribution in [0.3, 0.4) is 0 Å². The second-order valence-corrected chi connectivity index (χ2v) is 4.72. The van der Waals surface area contributed by atoms with Crippen LogP contribution in [0.2, 0.25) is 0 Å². The van der Waals surface area contributed by atoms with Crippen LogP contribution in [-0.2, 0) is 4.79 Å². The molecular formula is C11H14AlN3O. The number of piperidine rings is 1. The summed E-state index contributed by atoms with van der Waals surface area (Å²) in [4.78, 5) is 17.4. The average molecular weight is 231 g/mol. The van der Waals surface area contributed by atoms with E-state index in [-0.39, 0.29) is 11.8 Å². The van der Waals surface area contributed by atoms with E-state index in [4.69, 9.17) is 5.73 Å². The highest BCUT2D eigenvalue weighted by Gasteiger charge is 2.23. The van der Waals surface area contributed by atoms with Crippen molar-refractivity contribution in [3.63, 3.8) is 0 Å². The van der Waals surface area contributed by atoms with Gasteiger partial charge in [0.05, 0.1) is 0 Å². The number of pyridine rings is 1. The fourth-order valence-corrected chi connectivity index (χ4v) is 2.46. The minimum atomic E-state index is -0.166. The molecule has 1 aliphatic heterocycles. The molecule has 0 aliphatic carbocycles. The van der Waals surface area contributed by atoms with Crippen molar-refractivity contribution in [1.82, 2.24) is 4.98 Å². The molecule has 2 rings (SSSR count). The first-order valence-corrected chi connectivity index (χ1v) is 6.00. The molecule has 4 nitrogen and oxygen atoms in total. The van der Waals surface area contributed by atoms with Gasteiger partial charge in [-0.25, -0.2) is 0 Å². The maximum atomic E-state index is 11.1. The van der Waals surface area contributed by atoms with Crippen LogP contribution in [-0.4, -0.2) is 40.3 Å². The number of nitrogens with two attached hydrogens (primary N) is 1. The Bertz CT molecular complexity index is 389. The molecule has 16 heavy (non-hydrogen) atoms. The minimum Gasteiger partial charge on any atom is -0.372 e. The van der Waals surface area contributed by atoms with Crippen molar-refractivity contribution in [3.8, 4) is 0 Å². The third-order valence-electron chi connectivity index (χ3n) is 3.07. The number of rotatable bonds is 2. The average Bonchev–Trinajstić information content (AvgIpc) is 2.30. The Kier molecular flexibility index (Phi) is 3.47. The largest absolute Gasteiger partial charge is 0.372 e. The van der Waals surface area contributed by atoms with Gasteiger partial charge < -0.3 is 10.6 Å². The molecule has 0 saturated carbocycles. The zero-order chi connectivity index (χ0) is 11.5. The van der Waals surface area contributed by atoms with Crippen LogP contribution < -0.4 is 15.1 Å². The lowest BCUT2D eigenvalue weighted by Crippen LogP contribution is -2.40. The molecule has 1 saturated heterocycles. The first-order valence-electron chi connectivity index (χ1n) is 5.42. The summed E-state index contributed by atoms with van der Waals surface area (Å²) in [6, 6.07) is 2.01. The number of primary amides is 1. The number of aromatic nitrogens is 1. The van der Waals surface area contributed by atoms with Gasteiger partial charge in [0.15, 0.2) is 16.3 Å². The fourth-order valence-electron chi connectivity index (χ4n) is 2.09. The van der Waals surface area contributed by atoms with Crippen LogP contribution in [0.5, 0.6) is 0 Å². The first kappa shape index (κ1) is 11.4. The number of anilines is 1. The summed E-state index contributed by atoms with van der Waals surface area (Å²) in [6.45, 7) is 1.78. The third kappa shape index (κ3) is 2.37. The number of hydrogen-bond donors (Lipinski definition) is 1. The molecule has 1 aromatic rings. The van der Waals surface area contributed by atoms with Crippen molar-refractivity contribution in [3.05, 3.63) is 18.5 Å². The lowest BCUT2D eigenvalue weighted by atomic mass is 9.96. The van der Waals surface area contributed by atoms with E-state index >= 15 is 0 Å². The van der Waals surface area contributed by atoms with Crippen molar-refractivity contribution in [2.24, 2.45) is 11.7 Å². The van der Waals surface area contributed by atoms with Crippen LogP contribution >= 0.6 is 0 Å². The van der Waals surface area contributed by atoms with Gasteiger partial charge in [0.2, 0.25) is 5.91 Å². The molecule has 2 radical (unpaired) electrons. The monoisotopic (exact) mass is 231 g/mol. The minimum absolute atomic E-state index is 0.0473. The van der Waals surface area contributed by atoms with Crippen LogP contribution in [0.25, 0.3) is 0 Å². The van der Waals surface area contributed by atoms with E-state index in [1.165, 1.54) is 5.69 Å². The maximum absolute atomic E-state index is 11.1. The third-order valence-corrected chi connectivity index (χ3v) is 3.51. The molecule has 1 fully saturated rings. The fraction of sp³-hybridized carbons (Fsp3) is 0.455. The Hall–Kier alpha value is -1.05. The SMILES string of the molecule is NC(=O)C1CCN(c2ccnc[c]2[Al])CC1. The van der Waals surface area contributed by atoms with Crippen molar-refractivity contribution in [1.29, 1.82) is 0 Å². The first-order chi connectivity index (χ1) is 7.68. The molecule has 82 valence electrons. The van der Waals surface area contributed by atoms with Gasteiger partial charge in [0, 0.05) is 37.1 Å². The number of amides is 1. The van der Waals surface area contributed by atoms with Gasteiger partial charge in [0.1, 0.15) is 0 Å². The van der Waals surface area contributed by atoms with E-state index in [1.54, 1.807) is 6.20 Å². The number of hydrogen-bond acceptors (Lipinski definition) is 3. The molecule has 1 amide bonds. The lowest BCUT2D eigenvalue weighted by molar-refractivity contribution is -0.122. The second-order valence-electron chi connectivity index (χ2n) is 4.10. The molecule has 2 N–H and O–H groups in total. The summed E-state index contributed by atoms with van der Waals surface area (Å²) in [6.07, 6.45) is 5.33. The molecule has 0 unspecified atom stereocenters. The van der Waals surface area contributed by atoms with Crippen LogP contribution in [0, 0.1) is 5.92 Å². The molecule has 0 bridgehead atoms. The van der Waals surface area contributed by atoms with Crippen LogP contribution in [0.1, 0.15) is 12.8 Å². The molecule has 0 aromatic carbocycles. The zero-order valence-corrected chi connectivity index (χ0v) is 10.2. The standard InChI is InChI=1S/C11H14N3O.Al/c12-11(15)9-3-7-14(8-4-9)10-1-5-13-6-2-10;/h1,5-6,9H,3-4,7-8H2,(H2,12,15);. The summed E-state index contributed by atoms with van der Waals surface area (Å²) in [5.41, 5.74) is 6.49. The van der Waals surface area contributed by atoms with Crippen molar-refractivity contribution < 1.29 is 4.79 Å². The van der Waals surface area contributed by atoms with E-state index in [1.807, 2.05) is 12.3 Å². The predicted octanol–water partition coefficient (Wildman–Crippen LogP) is -0.423. The highest BCUT2D eigenvalue weighted by molar-refractivity contribution is 6.35. The van der Waals surface area contributed by atoms with Gasteiger partial charge in [-0.3, -0.25) is 9.78 Å². The van der Waals surface area contributed by atoms with Crippen molar-refractivity contribution >= 4 is 32.3 Å². The van der Waals surface area contributed by atoms with Crippen molar-refractivity contribution in [2.75, 3.05) is 18.0 Å². The van der Waals surface area contributed by atoms with Gasteiger partial charge in [-0.1, -0.05) is 4.43 Å². The summed E-state index contributed by atoms with van der Waals surface area (Å²) in [5.74, 6) is -0.119. The number of nitrogens with zero attached hydrogens (tertiary/aromatic N) is 2. The van der Waals surface area contributed by atoms with Crippen LogP contribution in [0.15, 0.2) is 18.5 Å². The quantitative estimate of drug-likeness (QED) is 0.703. The van der Waals surface area contributed by atoms with Gasteiger partial charge in [-0.05, 0) is 18.9 Å². The molecule has 0 spiro atoms. The topological polar surface area (TPSA) is 59.2 Å². The highest BCUT2D eigenvalue weighted by atomic mass is 27.0. The van der Waals surface area contributed by atoms with E-state index < -0.39 is 0 Å². The molecule has 1 aromatic heterocycles. The second kappa shape index (κ2) is 4.86.